The molecule has 5 rings (SSSR count). The zero-order chi connectivity index (χ0) is 20.7. The fourth-order valence-electron chi connectivity index (χ4n) is 4.11. The van der Waals surface area contributed by atoms with Crippen LogP contribution in [0, 0.1) is 0 Å². The van der Waals surface area contributed by atoms with Gasteiger partial charge in [-0.05, 0) is 23.8 Å². The first-order chi connectivity index (χ1) is 14.6. The molecule has 2 aromatic carbocycles. The summed E-state index contributed by atoms with van der Waals surface area (Å²) in [6.45, 7) is 1.52. The normalized spacial score (nSPS) is 13.4. The van der Waals surface area contributed by atoms with E-state index < -0.39 is 0 Å². The maximum atomic E-state index is 13.2. The highest BCUT2D eigenvalue weighted by Crippen LogP contribution is 2.28. The van der Waals surface area contributed by atoms with Crippen LogP contribution in [0.25, 0.3) is 10.9 Å². The average molecular weight is 418 g/mol. The Morgan fingerprint density at radius 2 is 1.83 bits per heavy atom. The molecule has 0 spiro atoms. The third-order valence-corrected chi connectivity index (χ3v) is 6.07. The van der Waals surface area contributed by atoms with Crippen LogP contribution < -0.4 is 5.56 Å². The number of H-pyrrole nitrogens is 1. The van der Waals surface area contributed by atoms with Crippen molar-refractivity contribution in [3.05, 3.63) is 105 Å². The van der Waals surface area contributed by atoms with Crippen molar-refractivity contribution < 1.29 is 4.79 Å². The Morgan fingerprint density at radius 3 is 2.70 bits per heavy atom. The smallest absolute Gasteiger partial charge is 0.255 e. The predicted molar refractivity (Wildman–Crippen MR) is 118 cm³/mol. The van der Waals surface area contributed by atoms with Gasteiger partial charge in [-0.1, -0.05) is 48.0 Å². The van der Waals surface area contributed by atoms with Gasteiger partial charge in [-0.25, -0.2) is 0 Å². The van der Waals surface area contributed by atoms with Gasteiger partial charge in [0.15, 0.2) is 0 Å². The molecule has 0 saturated carbocycles. The van der Waals surface area contributed by atoms with Crippen LogP contribution in [-0.4, -0.2) is 26.9 Å². The molecule has 1 aliphatic rings. The van der Waals surface area contributed by atoms with Gasteiger partial charge in [0.1, 0.15) is 0 Å². The highest BCUT2D eigenvalue weighted by molar-refractivity contribution is 6.31. The fourth-order valence-corrected chi connectivity index (χ4v) is 4.31. The number of pyridine rings is 1. The minimum absolute atomic E-state index is 0.0705. The maximum absolute atomic E-state index is 13.2. The predicted octanol–water partition coefficient (Wildman–Crippen LogP) is 4.23. The lowest BCUT2D eigenvalue weighted by molar-refractivity contribution is 0.0734. The first-order valence-corrected chi connectivity index (χ1v) is 10.3. The highest BCUT2D eigenvalue weighted by Gasteiger charge is 2.25. The van der Waals surface area contributed by atoms with E-state index in [2.05, 4.69) is 17.1 Å². The molecule has 0 bridgehead atoms. The summed E-state index contributed by atoms with van der Waals surface area (Å²) < 4.78 is 1.54. The molecule has 1 aliphatic heterocycles. The van der Waals surface area contributed by atoms with E-state index in [4.69, 9.17) is 11.6 Å². The summed E-state index contributed by atoms with van der Waals surface area (Å²) in [6.07, 6.45) is 2.42. The molecule has 4 aromatic rings. The fraction of sp³-hybridized carbons (Fsp3) is 0.167. The third-order valence-electron chi connectivity index (χ3n) is 5.70. The molecule has 0 atom stereocenters. The zero-order valence-electron chi connectivity index (χ0n) is 16.3. The molecule has 5 nitrogen and oxygen atoms in total. The molecule has 150 valence electrons. The van der Waals surface area contributed by atoms with Crippen molar-refractivity contribution in [3.63, 3.8) is 0 Å². The van der Waals surface area contributed by atoms with Crippen molar-refractivity contribution in [1.29, 1.82) is 0 Å². The number of para-hydroxylation sites is 1. The minimum atomic E-state index is -0.163. The lowest BCUT2D eigenvalue weighted by Gasteiger charge is -2.27. The van der Waals surface area contributed by atoms with E-state index in [0.717, 1.165) is 22.9 Å². The molecule has 30 heavy (non-hydrogen) atoms. The van der Waals surface area contributed by atoms with Crippen LogP contribution in [0.4, 0.5) is 0 Å². The molecule has 1 amide bonds. The Labute approximate surface area is 178 Å². The molecule has 2 aromatic heterocycles. The number of carbonyl (C=O) groups excluding carboxylic acids is 1. The van der Waals surface area contributed by atoms with Gasteiger partial charge < -0.3 is 14.5 Å². The highest BCUT2D eigenvalue weighted by atomic mass is 35.5. The summed E-state index contributed by atoms with van der Waals surface area (Å²) in [4.78, 5) is 30.9. The van der Waals surface area contributed by atoms with Crippen LogP contribution in [0.5, 0.6) is 0 Å². The Balaban J connectivity index is 1.43. The number of amides is 1. The van der Waals surface area contributed by atoms with Gasteiger partial charge >= 0.3 is 0 Å². The quantitative estimate of drug-likeness (QED) is 0.542. The molecule has 0 fully saturated rings. The van der Waals surface area contributed by atoms with Gasteiger partial charge in [0.05, 0.1) is 12.1 Å². The maximum Gasteiger partial charge on any atom is 0.255 e. The van der Waals surface area contributed by atoms with Gasteiger partial charge in [-0.3, -0.25) is 9.59 Å². The summed E-state index contributed by atoms with van der Waals surface area (Å²) in [5.74, 6) is -0.0705. The molecule has 0 saturated heterocycles. The monoisotopic (exact) mass is 417 g/mol. The average Bonchev–Trinajstić information content (AvgIpc) is 3.14. The first-order valence-electron chi connectivity index (χ1n) is 9.92. The summed E-state index contributed by atoms with van der Waals surface area (Å²) >= 11 is 6.24. The molecule has 0 aliphatic carbocycles. The molecule has 0 radical (unpaired) electrons. The van der Waals surface area contributed by atoms with Crippen LogP contribution in [0.15, 0.2) is 71.7 Å². The Bertz CT molecular complexity index is 1320. The lowest BCUT2D eigenvalue weighted by Crippen LogP contribution is -2.36. The number of fused-ring (bicyclic) bond motifs is 3. The van der Waals surface area contributed by atoms with Crippen LogP contribution >= 0.6 is 11.6 Å². The van der Waals surface area contributed by atoms with Crippen LogP contribution in [0.1, 0.15) is 27.2 Å². The van der Waals surface area contributed by atoms with Gasteiger partial charge in [-0.15, -0.1) is 0 Å². The number of benzene rings is 2. The molecule has 3 heterocycles. The largest absolute Gasteiger partial charge is 0.358 e. The third kappa shape index (κ3) is 3.31. The van der Waals surface area contributed by atoms with Crippen molar-refractivity contribution in [2.45, 2.75) is 19.5 Å². The summed E-state index contributed by atoms with van der Waals surface area (Å²) in [5, 5.41) is 1.76. The molecule has 1 N–H and O–H groups in total. The number of carbonyl (C=O) groups is 1. The standard InChI is InChI=1S/C24H20ClN3O2/c25-20-7-3-1-5-16(20)13-28-14-17(9-10-23(28)29)24(30)27-12-11-22-19(15-27)18-6-2-4-8-21(18)26-22/h1-10,14,26H,11-13,15H2. The molecular formula is C24H20ClN3O2. The van der Waals surface area contributed by atoms with Crippen LogP contribution in [0.2, 0.25) is 5.02 Å². The van der Waals surface area contributed by atoms with Crippen LogP contribution in [0.3, 0.4) is 0 Å². The number of halogens is 1. The minimum Gasteiger partial charge on any atom is -0.358 e. The van der Waals surface area contributed by atoms with E-state index in [0.29, 0.717) is 30.2 Å². The van der Waals surface area contributed by atoms with Crippen molar-refractivity contribution in [3.8, 4) is 0 Å². The van der Waals surface area contributed by atoms with Gasteiger partial charge in [-0.2, -0.15) is 0 Å². The first kappa shape index (κ1) is 18.7. The van der Waals surface area contributed by atoms with E-state index >= 15 is 0 Å². The van der Waals surface area contributed by atoms with E-state index in [9.17, 15) is 9.59 Å². The SMILES string of the molecule is O=C(c1ccc(=O)n(Cc2ccccc2Cl)c1)N1CCc2[nH]c3ccccc3c2C1. The molecule has 6 heteroatoms. The molecule has 0 unspecified atom stereocenters. The number of nitrogens with one attached hydrogen (secondary N) is 1. The van der Waals surface area contributed by atoms with E-state index in [1.54, 1.807) is 18.3 Å². The number of hydrogen-bond acceptors (Lipinski definition) is 2. The van der Waals surface area contributed by atoms with Crippen molar-refractivity contribution in [2.24, 2.45) is 0 Å². The summed E-state index contributed by atoms with van der Waals surface area (Å²) in [7, 11) is 0. The van der Waals surface area contributed by atoms with Crippen molar-refractivity contribution in [2.75, 3.05) is 6.54 Å². The van der Waals surface area contributed by atoms with Gasteiger partial charge in [0.2, 0.25) is 0 Å². The summed E-state index contributed by atoms with van der Waals surface area (Å²) in [5.41, 5.74) is 4.66. The Hall–Kier alpha value is -3.31. The zero-order valence-corrected chi connectivity index (χ0v) is 17.0. The number of aromatic amines is 1. The Kier molecular flexibility index (Phi) is 4.68. The Morgan fingerprint density at radius 1 is 1.03 bits per heavy atom. The van der Waals surface area contributed by atoms with Gasteiger partial charge in [0.25, 0.3) is 11.5 Å². The number of aromatic nitrogens is 2. The van der Waals surface area contributed by atoms with E-state index in [1.165, 1.54) is 21.9 Å². The second-order valence-corrected chi connectivity index (χ2v) is 7.99. The van der Waals surface area contributed by atoms with Crippen molar-refractivity contribution in [1.82, 2.24) is 14.5 Å². The van der Waals surface area contributed by atoms with E-state index in [-0.39, 0.29) is 11.5 Å². The lowest BCUT2D eigenvalue weighted by atomic mass is 10.0. The second kappa shape index (κ2) is 7.50. The number of hydrogen-bond donors (Lipinski definition) is 1. The topological polar surface area (TPSA) is 58.1 Å². The number of rotatable bonds is 3. The van der Waals surface area contributed by atoms with Crippen molar-refractivity contribution >= 4 is 28.4 Å². The van der Waals surface area contributed by atoms with E-state index in [1.807, 2.05) is 35.2 Å². The van der Waals surface area contributed by atoms with Crippen LogP contribution in [-0.2, 0) is 19.5 Å². The summed E-state index contributed by atoms with van der Waals surface area (Å²) in [6, 6.07) is 18.6. The van der Waals surface area contributed by atoms with Gasteiger partial charge in [0, 0.05) is 59.0 Å². The number of nitrogens with zero attached hydrogens (tertiary/aromatic N) is 2. The molecular weight excluding hydrogens is 398 g/mol. The second-order valence-electron chi connectivity index (χ2n) is 7.58.